The third-order valence-corrected chi connectivity index (χ3v) is 4.86. The van der Waals surface area contributed by atoms with Crippen LogP contribution in [0.5, 0.6) is 5.75 Å². The van der Waals surface area contributed by atoms with E-state index in [2.05, 4.69) is 9.97 Å². The van der Waals surface area contributed by atoms with Crippen molar-refractivity contribution in [3.05, 3.63) is 75.5 Å². The molecule has 1 aliphatic carbocycles. The lowest BCUT2D eigenvalue weighted by molar-refractivity contribution is 0.105. The summed E-state index contributed by atoms with van der Waals surface area (Å²) in [5.74, 6) is -0.00314. The number of hydrogen-bond acceptors (Lipinski definition) is 5. The van der Waals surface area contributed by atoms with Crippen LogP contribution in [0.25, 0.3) is 11.1 Å². The molecule has 23 heavy (non-hydrogen) atoms. The molecule has 3 aromatic rings. The maximum Gasteiger partial charge on any atom is 0.195 e. The molecule has 0 saturated heterocycles. The third kappa shape index (κ3) is 2.09. The summed E-state index contributed by atoms with van der Waals surface area (Å²) in [4.78, 5) is 22.4. The molecule has 1 aliphatic rings. The summed E-state index contributed by atoms with van der Waals surface area (Å²) in [6.45, 7) is 1.93. The molecule has 5 heteroatoms. The number of fused-ring (bicyclic) bond motifs is 1. The second-order valence-electron chi connectivity index (χ2n) is 5.32. The van der Waals surface area contributed by atoms with Gasteiger partial charge in [-0.15, -0.1) is 11.3 Å². The highest BCUT2D eigenvalue weighted by atomic mass is 32.1. The van der Waals surface area contributed by atoms with Gasteiger partial charge in [0.05, 0.1) is 16.1 Å². The molecule has 2 heterocycles. The smallest absolute Gasteiger partial charge is 0.195 e. The van der Waals surface area contributed by atoms with Crippen LogP contribution in [0.15, 0.2) is 48.2 Å². The molecule has 1 aromatic carbocycles. The Morgan fingerprint density at radius 3 is 2.70 bits per heavy atom. The van der Waals surface area contributed by atoms with Crippen LogP contribution >= 0.6 is 11.3 Å². The minimum Gasteiger partial charge on any atom is -0.508 e. The third-order valence-electron chi connectivity index (χ3n) is 3.92. The summed E-state index contributed by atoms with van der Waals surface area (Å²) < 4.78 is 0. The Balaban J connectivity index is 2.06. The van der Waals surface area contributed by atoms with Crippen LogP contribution in [0.3, 0.4) is 0 Å². The first kappa shape index (κ1) is 13.8. The molecule has 0 fully saturated rings. The molecule has 0 amide bonds. The van der Waals surface area contributed by atoms with Gasteiger partial charge in [0, 0.05) is 34.7 Å². The van der Waals surface area contributed by atoms with Crippen molar-refractivity contribution in [2.75, 3.05) is 0 Å². The molecule has 4 nitrogen and oxygen atoms in total. The average molecular weight is 320 g/mol. The number of thiazole rings is 1. The molecule has 0 aliphatic heterocycles. The Labute approximate surface area is 136 Å². The van der Waals surface area contributed by atoms with E-state index in [9.17, 15) is 9.90 Å². The van der Waals surface area contributed by atoms with Gasteiger partial charge in [0.2, 0.25) is 0 Å². The minimum atomic E-state index is -0.0910. The molecular formula is C18H12N2O2S. The number of pyridine rings is 1. The SMILES string of the molecule is Cc1ncsc1C1=C(c2cccnc2)C(=O)c2cc(O)ccc21. The van der Waals surface area contributed by atoms with E-state index in [4.69, 9.17) is 0 Å². The van der Waals surface area contributed by atoms with Gasteiger partial charge in [-0.3, -0.25) is 9.78 Å². The predicted molar refractivity (Wildman–Crippen MR) is 89.4 cm³/mol. The number of phenols is 1. The zero-order chi connectivity index (χ0) is 16.0. The molecule has 4 rings (SSSR count). The first-order valence-electron chi connectivity index (χ1n) is 7.10. The first-order chi connectivity index (χ1) is 11.2. The van der Waals surface area contributed by atoms with Gasteiger partial charge in [-0.2, -0.15) is 0 Å². The van der Waals surface area contributed by atoms with Gasteiger partial charge in [-0.1, -0.05) is 6.07 Å². The van der Waals surface area contributed by atoms with E-state index in [0.717, 1.165) is 27.3 Å². The van der Waals surface area contributed by atoms with E-state index in [1.165, 1.54) is 17.4 Å². The van der Waals surface area contributed by atoms with E-state index in [0.29, 0.717) is 11.1 Å². The number of aromatic hydroxyl groups is 1. The molecule has 0 bridgehead atoms. The largest absolute Gasteiger partial charge is 0.508 e. The Hall–Kier alpha value is -2.79. The van der Waals surface area contributed by atoms with Crippen LogP contribution in [-0.2, 0) is 0 Å². The summed E-state index contributed by atoms with van der Waals surface area (Å²) in [5.41, 5.74) is 6.28. The minimum absolute atomic E-state index is 0.0879. The van der Waals surface area contributed by atoms with Crippen molar-refractivity contribution < 1.29 is 9.90 Å². The number of carbonyl (C=O) groups is 1. The lowest BCUT2D eigenvalue weighted by Gasteiger charge is -2.06. The van der Waals surface area contributed by atoms with Crippen LogP contribution in [0.1, 0.15) is 32.1 Å². The zero-order valence-electron chi connectivity index (χ0n) is 12.3. The molecule has 0 spiro atoms. The van der Waals surface area contributed by atoms with Crippen molar-refractivity contribution in [2.24, 2.45) is 0 Å². The van der Waals surface area contributed by atoms with Crippen LogP contribution in [-0.4, -0.2) is 20.9 Å². The fourth-order valence-corrected chi connectivity index (χ4v) is 3.75. The lowest BCUT2D eigenvalue weighted by Crippen LogP contribution is -1.98. The van der Waals surface area contributed by atoms with Crippen molar-refractivity contribution in [1.82, 2.24) is 9.97 Å². The van der Waals surface area contributed by atoms with E-state index in [1.54, 1.807) is 30.0 Å². The Kier molecular flexibility index (Phi) is 3.09. The highest BCUT2D eigenvalue weighted by Crippen LogP contribution is 2.44. The van der Waals surface area contributed by atoms with Gasteiger partial charge in [-0.25, -0.2) is 4.98 Å². The van der Waals surface area contributed by atoms with E-state index >= 15 is 0 Å². The summed E-state index contributed by atoms with van der Waals surface area (Å²) in [6.07, 6.45) is 3.37. The fourth-order valence-electron chi connectivity index (χ4n) is 2.88. The number of phenolic OH excluding ortho intramolecular Hbond substituents is 1. The van der Waals surface area contributed by atoms with Crippen molar-refractivity contribution in [1.29, 1.82) is 0 Å². The topological polar surface area (TPSA) is 63.1 Å². The lowest BCUT2D eigenvalue weighted by atomic mass is 9.99. The monoisotopic (exact) mass is 320 g/mol. The normalized spacial score (nSPS) is 13.5. The number of aryl methyl sites for hydroxylation is 1. The second-order valence-corrected chi connectivity index (χ2v) is 6.17. The summed E-state index contributed by atoms with van der Waals surface area (Å²) in [7, 11) is 0. The van der Waals surface area contributed by atoms with Crippen LogP contribution in [0, 0.1) is 6.92 Å². The zero-order valence-corrected chi connectivity index (χ0v) is 13.1. The van der Waals surface area contributed by atoms with Gasteiger partial charge in [0.1, 0.15) is 5.75 Å². The van der Waals surface area contributed by atoms with Gasteiger partial charge in [0.25, 0.3) is 0 Å². The highest BCUT2D eigenvalue weighted by Gasteiger charge is 2.33. The van der Waals surface area contributed by atoms with Crippen molar-refractivity contribution in [3.63, 3.8) is 0 Å². The van der Waals surface area contributed by atoms with E-state index in [-0.39, 0.29) is 11.5 Å². The quantitative estimate of drug-likeness (QED) is 0.782. The summed E-state index contributed by atoms with van der Waals surface area (Å²) in [5, 5.41) is 9.75. The maximum atomic E-state index is 13.0. The Morgan fingerprint density at radius 2 is 2.00 bits per heavy atom. The van der Waals surface area contributed by atoms with Gasteiger partial charge in [-0.05, 0) is 36.8 Å². The Morgan fingerprint density at radius 1 is 1.13 bits per heavy atom. The van der Waals surface area contributed by atoms with Gasteiger partial charge >= 0.3 is 0 Å². The first-order valence-corrected chi connectivity index (χ1v) is 7.98. The number of Topliss-reactive ketones (excluding diaryl/α,β-unsaturated/α-hetero) is 1. The predicted octanol–water partition coefficient (Wildman–Crippen LogP) is 3.71. The van der Waals surface area contributed by atoms with Gasteiger partial charge < -0.3 is 5.11 Å². The Bertz CT molecular complexity index is 958. The second kappa shape index (κ2) is 5.14. The van der Waals surface area contributed by atoms with Gasteiger partial charge in [0.15, 0.2) is 5.78 Å². The molecule has 0 atom stereocenters. The summed E-state index contributed by atoms with van der Waals surface area (Å²) >= 11 is 1.51. The number of allylic oxidation sites excluding steroid dienone is 1. The number of carbonyl (C=O) groups excluding carboxylic acids is 1. The van der Waals surface area contributed by atoms with Crippen molar-refractivity contribution in [2.45, 2.75) is 6.92 Å². The number of rotatable bonds is 2. The number of aromatic nitrogens is 2. The molecular weight excluding hydrogens is 308 g/mol. The van der Waals surface area contributed by atoms with Crippen LogP contribution in [0.2, 0.25) is 0 Å². The van der Waals surface area contributed by atoms with Crippen LogP contribution < -0.4 is 0 Å². The van der Waals surface area contributed by atoms with Crippen molar-refractivity contribution >= 4 is 28.3 Å². The van der Waals surface area contributed by atoms with E-state index in [1.807, 2.05) is 19.1 Å². The molecule has 112 valence electrons. The van der Waals surface area contributed by atoms with E-state index < -0.39 is 0 Å². The highest BCUT2D eigenvalue weighted by molar-refractivity contribution is 7.11. The molecule has 0 unspecified atom stereocenters. The molecule has 0 radical (unpaired) electrons. The van der Waals surface area contributed by atoms with Crippen molar-refractivity contribution in [3.8, 4) is 5.75 Å². The molecule has 1 N–H and O–H groups in total. The standard InChI is InChI=1S/C18H12N2O2S/c1-10-18(23-9-20-10)16-13-5-4-12(21)7-14(13)17(22)15(16)11-3-2-6-19-8-11/h2-9,21H,1H3. The molecule has 0 saturated carbocycles. The maximum absolute atomic E-state index is 13.0. The summed E-state index contributed by atoms with van der Waals surface area (Å²) in [6, 6.07) is 8.61. The number of benzene rings is 1. The molecule has 2 aromatic heterocycles. The fraction of sp³-hybridized carbons (Fsp3) is 0.0556. The average Bonchev–Trinajstić information content (AvgIpc) is 3.10. The van der Waals surface area contributed by atoms with Crippen LogP contribution in [0.4, 0.5) is 0 Å². The number of nitrogens with zero attached hydrogens (tertiary/aromatic N) is 2. The number of hydrogen-bond donors (Lipinski definition) is 1. The number of ketones is 1.